The number of benzene rings is 4. The molecule has 7 aromatic rings. The number of H-pyrrole nitrogens is 2. The van der Waals surface area contributed by atoms with E-state index in [0.717, 1.165) is 89.4 Å². The van der Waals surface area contributed by atoms with Gasteiger partial charge in [-0.2, -0.15) is 0 Å². The Hall–Kier alpha value is -7.40. The number of aromatic nitrogens is 4. The lowest BCUT2D eigenvalue weighted by molar-refractivity contribution is 1.28. The van der Waals surface area contributed by atoms with Crippen LogP contribution in [-0.4, -0.2) is 19.9 Å². The lowest BCUT2D eigenvalue weighted by Gasteiger charge is -2.05. The normalized spacial score (nSPS) is 11.4. The minimum atomic E-state index is 0.863. The molecule has 4 aromatic carbocycles. The molecule has 0 saturated heterocycles. The molecule has 0 atom stereocenters. The molecule has 8 bridgehead atoms. The maximum atomic E-state index is 5.08. The zero-order chi connectivity index (χ0) is 34.7. The minimum Gasteiger partial charge on any atom is -0.355 e. The van der Waals surface area contributed by atoms with E-state index >= 15 is 0 Å². The average Bonchev–Trinajstić information content (AvgIpc) is 4.03. The highest BCUT2D eigenvalue weighted by molar-refractivity contribution is 5.94. The smallest absolute Gasteiger partial charge is 0.0737 e. The number of nitrogens with one attached hydrogen (secondary N) is 2. The highest BCUT2D eigenvalue weighted by atomic mass is 14.8. The Labute approximate surface area is 301 Å². The van der Waals surface area contributed by atoms with Crippen molar-refractivity contribution in [2.45, 2.75) is 0 Å². The Balaban J connectivity index is 1.15. The first kappa shape index (κ1) is 30.6. The molecule has 0 fully saturated rings. The number of hydrogen-bond acceptors (Lipinski definition) is 2. The van der Waals surface area contributed by atoms with Gasteiger partial charge in [0.2, 0.25) is 0 Å². The van der Waals surface area contributed by atoms with E-state index < -0.39 is 0 Å². The molecule has 0 spiro atoms. The number of aromatic amines is 2. The van der Waals surface area contributed by atoms with Crippen molar-refractivity contribution in [3.8, 4) is 45.9 Å². The molecule has 5 heterocycles. The minimum absolute atomic E-state index is 0.863. The number of nitrogens with zero attached hydrogens (tertiary/aromatic N) is 2. The van der Waals surface area contributed by atoms with Gasteiger partial charge < -0.3 is 9.97 Å². The third kappa shape index (κ3) is 6.49. The second-order valence-corrected chi connectivity index (χ2v) is 12.6. The van der Waals surface area contributed by atoms with E-state index in [2.05, 4.69) is 143 Å². The molecule has 242 valence electrons. The quantitative estimate of drug-likeness (QED) is 0.181. The summed E-state index contributed by atoms with van der Waals surface area (Å²) in [6.45, 7) is 0. The molecule has 3 aromatic heterocycles. The van der Waals surface area contributed by atoms with Crippen LogP contribution in [0.25, 0.3) is 68.6 Å². The molecule has 4 nitrogen and oxygen atoms in total. The van der Waals surface area contributed by atoms with Gasteiger partial charge in [-0.25, -0.2) is 9.97 Å². The molecule has 2 aliphatic rings. The van der Waals surface area contributed by atoms with Crippen LogP contribution in [0.15, 0.2) is 146 Å². The van der Waals surface area contributed by atoms with Crippen LogP contribution < -0.4 is 0 Å². The Kier molecular flexibility index (Phi) is 7.95. The zero-order valence-electron chi connectivity index (χ0n) is 28.1. The first-order valence-corrected chi connectivity index (χ1v) is 17.2. The maximum Gasteiger partial charge on any atom is 0.0737 e. The van der Waals surface area contributed by atoms with Crippen molar-refractivity contribution in [2.24, 2.45) is 0 Å². The van der Waals surface area contributed by atoms with Gasteiger partial charge in [0, 0.05) is 55.4 Å². The molecule has 4 heteroatoms. The largest absolute Gasteiger partial charge is 0.355 e. The fourth-order valence-electron chi connectivity index (χ4n) is 6.45. The van der Waals surface area contributed by atoms with Crippen molar-refractivity contribution in [3.63, 3.8) is 0 Å². The molecule has 2 N–H and O–H groups in total. The molecule has 0 aliphatic carbocycles. The predicted molar refractivity (Wildman–Crippen MR) is 215 cm³/mol. The van der Waals surface area contributed by atoms with E-state index in [9.17, 15) is 0 Å². The van der Waals surface area contributed by atoms with E-state index in [-0.39, 0.29) is 0 Å². The monoisotopic (exact) mass is 662 g/mol. The molecular weight excluding hydrogens is 633 g/mol. The molecule has 0 radical (unpaired) electrons. The topological polar surface area (TPSA) is 57.4 Å². The van der Waals surface area contributed by atoms with Crippen LogP contribution in [0, 0.1) is 23.7 Å². The summed E-state index contributed by atoms with van der Waals surface area (Å²) >= 11 is 0. The van der Waals surface area contributed by atoms with Crippen LogP contribution in [0.1, 0.15) is 45.0 Å². The van der Waals surface area contributed by atoms with E-state index in [1.54, 1.807) is 0 Å². The van der Waals surface area contributed by atoms with Gasteiger partial charge in [0.15, 0.2) is 0 Å². The second-order valence-electron chi connectivity index (χ2n) is 12.6. The van der Waals surface area contributed by atoms with Crippen LogP contribution >= 0.6 is 0 Å². The molecule has 0 unspecified atom stereocenters. The van der Waals surface area contributed by atoms with Crippen LogP contribution in [0.5, 0.6) is 0 Å². The van der Waals surface area contributed by atoms with Crippen molar-refractivity contribution < 1.29 is 0 Å². The van der Waals surface area contributed by atoms with Gasteiger partial charge in [0.1, 0.15) is 0 Å². The molecule has 9 rings (SSSR count). The maximum absolute atomic E-state index is 5.08. The summed E-state index contributed by atoms with van der Waals surface area (Å²) in [5, 5.41) is 0. The molecule has 0 saturated carbocycles. The third-order valence-corrected chi connectivity index (χ3v) is 8.99. The molecule has 52 heavy (non-hydrogen) atoms. The summed E-state index contributed by atoms with van der Waals surface area (Å²) in [5.41, 5.74) is 15.4. The summed E-state index contributed by atoms with van der Waals surface area (Å²) in [7, 11) is 0. The molecule has 0 amide bonds. The van der Waals surface area contributed by atoms with E-state index in [1.807, 2.05) is 60.7 Å². The summed E-state index contributed by atoms with van der Waals surface area (Å²) in [6, 6.07) is 49.4. The highest BCUT2D eigenvalue weighted by Crippen LogP contribution is 2.32. The van der Waals surface area contributed by atoms with Crippen molar-refractivity contribution in [1.82, 2.24) is 19.9 Å². The Morgan fingerprint density at radius 2 is 0.769 bits per heavy atom. The standard InChI is InChI=1S/C48H30N4/c1-3-7-33(8-4-1)11-13-35-15-19-37(20-16-35)47-43-27-23-39(49-43)31-41-25-29-45(51-41)48(46-30-26-42(52-46)32-40-24-28-44(47)50-40)38-21-17-36(18-22-38)14-12-34-9-5-2-6-10-34/h1-10,15-32,49-50H. The fraction of sp³-hybridized carbons (Fsp3) is 0. The fourth-order valence-corrected chi connectivity index (χ4v) is 6.45. The first-order valence-electron chi connectivity index (χ1n) is 17.2. The molecular formula is C48H30N4. The third-order valence-electron chi connectivity index (χ3n) is 8.99. The second kappa shape index (κ2) is 13.5. The van der Waals surface area contributed by atoms with Crippen molar-refractivity contribution >= 4 is 46.4 Å². The average molecular weight is 663 g/mol. The number of hydrogen-bond donors (Lipinski definition) is 2. The SMILES string of the molecule is C(#Cc1ccc(-c2c3nc(cc4ccc([nH]4)c(-c4ccc(C#Cc5ccccc5)cc4)c4ccc(cc5nc2C=C5)[nH]4)C=C3)cc1)c1ccccc1. The van der Waals surface area contributed by atoms with E-state index in [0.29, 0.717) is 0 Å². The Bertz CT molecular complexity index is 2720. The van der Waals surface area contributed by atoms with E-state index in [1.165, 1.54) is 0 Å². The number of fused-ring (bicyclic) bond motifs is 8. The zero-order valence-corrected chi connectivity index (χ0v) is 28.1. The van der Waals surface area contributed by atoms with Crippen molar-refractivity contribution in [3.05, 3.63) is 191 Å². The van der Waals surface area contributed by atoms with Gasteiger partial charge in [0.25, 0.3) is 0 Å². The van der Waals surface area contributed by atoms with Gasteiger partial charge in [-0.3, -0.25) is 0 Å². The summed E-state index contributed by atoms with van der Waals surface area (Å²) in [4.78, 5) is 17.5. The van der Waals surface area contributed by atoms with Crippen LogP contribution in [0.4, 0.5) is 0 Å². The van der Waals surface area contributed by atoms with Crippen LogP contribution in [0.3, 0.4) is 0 Å². The lowest BCUT2D eigenvalue weighted by Crippen LogP contribution is -1.89. The van der Waals surface area contributed by atoms with Gasteiger partial charge in [0.05, 0.1) is 22.8 Å². The van der Waals surface area contributed by atoms with E-state index in [4.69, 9.17) is 9.97 Å². The van der Waals surface area contributed by atoms with Gasteiger partial charge in [-0.15, -0.1) is 0 Å². The van der Waals surface area contributed by atoms with Crippen molar-refractivity contribution in [2.75, 3.05) is 0 Å². The summed E-state index contributed by atoms with van der Waals surface area (Å²) in [6.07, 6.45) is 8.25. The highest BCUT2D eigenvalue weighted by Gasteiger charge is 2.14. The first-order chi connectivity index (χ1) is 25.7. The van der Waals surface area contributed by atoms with Gasteiger partial charge in [-0.05, 0) is 120 Å². The Morgan fingerprint density at radius 1 is 0.365 bits per heavy atom. The Morgan fingerprint density at radius 3 is 1.21 bits per heavy atom. The number of rotatable bonds is 2. The summed E-state index contributed by atoms with van der Waals surface area (Å²) in [5.74, 6) is 13.1. The predicted octanol–water partition coefficient (Wildman–Crippen LogP) is 10.8. The van der Waals surface area contributed by atoms with Gasteiger partial charge >= 0.3 is 0 Å². The molecule has 2 aliphatic heterocycles. The van der Waals surface area contributed by atoms with Crippen LogP contribution in [0.2, 0.25) is 0 Å². The van der Waals surface area contributed by atoms with Gasteiger partial charge in [-0.1, -0.05) is 84.3 Å². The lowest BCUT2D eigenvalue weighted by atomic mass is 10.0. The summed E-state index contributed by atoms with van der Waals surface area (Å²) < 4.78 is 0. The van der Waals surface area contributed by atoms with Crippen molar-refractivity contribution in [1.29, 1.82) is 0 Å². The van der Waals surface area contributed by atoms with Crippen LogP contribution in [-0.2, 0) is 0 Å².